The van der Waals surface area contributed by atoms with Crippen LogP contribution in [0.15, 0.2) is 54.9 Å². The van der Waals surface area contributed by atoms with Crippen LogP contribution in [-0.2, 0) is 0 Å². The van der Waals surface area contributed by atoms with Crippen molar-refractivity contribution in [3.05, 3.63) is 71.5 Å². The van der Waals surface area contributed by atoms with Crippen LogP contribution >= 0.6 is 0 Å². The molecule has 148 valence electrons. The smallest absolute Gasteiger partial charge is 0.254 e. The van der Waals surface area contributed by atoms with E-state index < -0.39 is 0 Å². The molecule has 0 radical (unpaired) electrons. The zero-order valence-corrected chi connectivity index (χ0v) is 16.4. The molecule has 0 saturated heterocycles. The number of hydrogen-bond donors (Lipinski definition) is 4. The van der Waals surface area contributed by atoms with Gasteiger partial charge in [-0.25, -0.2) is 9.97 Å². The largest absolute Gasteiger partial charge is 0.355 e. The van der Waals surface area contributed by atoms with Crippen molar-refractivity contribution in [1.82, 2.24) is 20.6 Å². The van der Waals surface area contributed by atoms with Gasteiger partial charge in [0.15, 0.2) is 0 Å². The summed E-state index contributed by atoms with van der Waals surface area (Å²) in [6, 6.07) is 12.5. The highest BCUT2D eigenvalue weighted by Crippen LogP contribution is 2.26. The summed E-state index contributed by atoms with van der Waals surface area (Å²) in [4.78, 5) is 33.1. The van der Waals surface area contributed by atoms with Crippen LogP contribution in [0.4, 0.5) is 23.0 Å². The molecule has 29 heavy (non-hydrogen) atoms. The molecule has 3 rings (SSSR count). The molecule has 0 fully saturated rings. The zero-order valence-electron chi connectivity index (χ0n) is 16.4. The molecule has 0 aliphatic carbocycles. The van der Waals surface area contributed by atoms with Crippen molar-refractivity contribution >= 4 is 34.8 Å². The molecule has 0 aliphatic rings. The van der Waals surface area contributed by atoms with Crippen LogP contribution in [0.1, 0.15) is 26.3 Å². The summed E-state index contributed by atoms with van der Waals surface area (Å²) in [5.41, 5.74) is 2.94. The third kappa shape index (κ3) is 4.67. The number of aromatic nitrogens is 2. The first-order chi connectivity index (χ1) is 14.0. The normalized spacial score (nSPS) is 10.2. The molecule has 2 aromatic heterocycles. The molecule has 2 heterocycles. The minimum absolute atomic E-state index is 0.231. The maximum absolute atomic E-state index is 12.3. The Morgan fingerprint density at radius 2 is 1.45 bits per heavy atom. The third-order valence-corrected chi connectivity index (χ3v) is 4.21. The Labute approximate surface area is 168 Å². The van der Waals surface area contributed by atoms with Gasteiger partial charge in [0, 0.05) is 32.6 Å². The number of aryl methyl sites for hydroxylation is 1. The van der Waals surface area contributed by atoms with Crippen molar-refractivity contribution in [3.63, 3.8) is 0 Å². The quantitative estimate of drug-likeness (QED) is 0.515. The number of amides is 2. The second-order valence-corrected chi connectivity index (χ2v) is 6.29. The van der Waals surface area contributed by atoms with E-state index in [1.165, 1.54) is 6.20 Å². The lowest BCUT2D eigenvalue weighted by atomic mass is 10.1. The Morgan fingerprint density at radius 3 is 2.14 bits per heavy atom. The molecule has 0 aliphatic heterocycles. The number of anilines is 4. The monoisotopic (exact) mass is 390 g/mol. The van der Waals surface area contributed by atoms with E-state index in [0.29, 0.717) is 34.1 Å². The van der Waals surface area contributed by atoms with E-state index in [2.05, 4.69) is 31.2 Å². The topological polar surface area (TPSA) is 108 Å². The van der Waals surface area contributed by atoms with Crippen molar-refractivity contribution in [2.24, 2.45) is 0 Å². The first kappa shape index (κ1) is 19.8. The molecule has 0 bridgehead atoms. The number of nitrogens with zero attached hydrogens (tertiary/aromatic N) is 2. The van der Waals surface area contributed by atoms with Gasteiger partial charge in [-0.2, -0.15) is 0 Å². The summed E-state index contributed by atoms with van der Waals surface area (Å²) < 4.78 is 0. The highest BCUT2D eigenvalue weighted by atomic mass is 16.2. The lowest BCUT2D eigenvalue weighted by Gasteiger charge is -2.15. The van der Waals surface area contributed by atoms with E-state index in [1.807, 2.05) is 25.1 Å². The van der Waals surface area contributed by atoms with Gasteiger partial charge >= 0.3 is 0 Å². The fraction of sp³-hybridized carbons (Fsp3) is 0.143. The van der Waals surface area contributed by atoms with Gasteiger partial charge in [0.1, 0.15) is 11.6 Å². The van der Waals surface area contributed by atoms with Gasteiger partial charge in [0.05, 0.1) is 22.5 Å². The van der Waals surface area contributed by atoms with Crippen LogP contribution in [0.5, 0.6) is 0 Å². The number of rotatable bonds is 6. The zero-order chi connectivity index (χ0) is 20.8. The molecule has 0 unspecified atom stereocenters. The Kier molecular flexibility index (Phi) is 6.03. The van der Waals surface area contributed by atoms with Crippen LogP contribution < -0.4 is 21.3 Å². The number of carbonyl (C=O) groups excluding carboxylic acids is 2. The van der Waals surface area contributed by atoms with E-state index in [0.717, 1.165) is 5.56 Å². The highest BCUT2D eigenvalue weighted by molar-refractivity contribution is 6.03. The van der Waals surface area contributed by atoms with Gasteiger partial charge in [-0.1, -0.05) is 18.2 Å². The van der Waals surface area contributed by atoms with Crippen molar-refractivity contribution in [1.29, 1.82) is 0 Å². The van der Waals surface area contributed by atoms with Gasteiger partial charge in [0.25, 0.3) is 11.8 Å². The summed E-state index contributed by atoms with van der Waals surface area (Å²) in [5.74, 6) is 0.615. The lowest BCUT2D eigenvalue weighted by molar-refractivity contribution is 0.0956. The lowest BCUT2D eigenvalue weighted by Crippen LogP contribution is -2.21. The molecule has 8 nitrogen and oxygen atoms in total. The Bertz CT molecular complexity index is 1030. The summed E-state index contributed by atoms with van der Waals surface area (Å²) in [5, 5.41) is 11.5. The molecule has 0 atom stereocenters. The molecule has 4 N–H and O–H groups in total. The minimum Gasteiger partial charge on any atom is -0.355 e. The SMILES string of the molecule is CNC(=O)c1ccccc1Nc1cc(Nc2ccc(C)cn2)ncc1C(=O)NC. The van der Waals surface area contributed by atoms with E-state index >= 15 is 0 Å². The number of benzene rings is 1. The van der Waals surface area contributed by atoms with Crippen LogP contribution in [0.25, 0.3) is 0 Å². The molecule has 0 spiro atoms. The average molecular weight is 390 g/mol. The number of nitrogens with one attached hydrogen (secondary N) is 4. The van der Waals surface area contributed by atoms with E-state index in [-0.39, 0.29) is 11.8 Å². The van der Waals surface area contributed by atoms with Crippen molar-refractivity contribution < 1.29 is 9.59 Å². The maximum Gasteiger partial charge on any atom is 0.254 e. The molecule has 8 heteroatoms. The van der Waals surface area contributed by atoms with Crippen LogP contribution in [0.2, 0.25) is 0 Å². The first-order valence-corrected chi connectivity index (χ1v) is 9.01. The summed E-state index contributed by atoms with van der Waals surface area (Å²) >= 11 is 0. The molecule has 0 saturated carbocycles. The van der Waals surface area contributed by atoms with Crippen molar-refractivity contribution in [2.45, 2.75) is 6.92 Å². The fourth-order valence-corrected chi connectivity index (χ4v) is 2.69. The van der Waals surface area contributed by atoms with E-state index in [9.17, 15) is 9.59 Å². The molecule has 1 aromatic carbocycles. The van der Waals surface area contributed by atoms with Crippen molar-refractivity contribution in [3.8, 4) is 0 Å². The summed E-state index contributed by atoms with van der Waals surface area (Å²) in [7, 11) is 3.12. The van der Waals surface area contributed by atoms with E-state index in [1.54, 1.807) is 44.6 Å². The van der Waals surface area contributed by atoms with E-state index in [4.69, 9.17) is 0 Å². The highest BCUT2D eigenvalue weighted by Gasteiger charge is 2.15. The van der Waals surface area contributed by atoms with Gasteiger partial charge < -0.3 is 21.3 Å². The Balaban J connectivity index is 1.98. The third-order valence-electron chi connectivity index (χ3n) is 4.21. The van der Waals surface area contributed by atoms with Crippen molar-refractivity contribution in [2.75, 3.05) is 24.7 Å². The molecule has 3 aromatic rings. The summed E-state index contributed by atoms with van der Waals surface area (Å²) in [6.07, 6.45) is 3.22. The predicted molar refractivity (Wildman–Crippen MR) is 113 cm³/mol. The number of para-hydroxylation sites is 1. The van der Waals surface area contributed by atoms with Crippen LogP contribution in [-0.4, -0.2) is 35.9 Å². The maximum atomic E-state index is 12.3. The fourth-order valence-electron chi connectivity index (χ4n) is 2.69. The molecular formula is C21H22N6O2. The first-order valence-electron chi connectivity index (χ1n) is 9.01. The number of hydrogen-bond acceptors (Lipinski definition) is 6. The second kappa shape index (κ2) is 8.83. The Hall–Kier alpha value is -3.94. The van der Waals surface area contributed by atoms with Gasteiger partial charge in [-0.3, -0.25) is 9.59 Å². The average Bonchev–Trinajstić information content (AvgIpc) is 2.75. The minimum atomic E-state index is -0.294. The van der Waals surface area contributed by atoms with Gasteiger partial charge in [0.2, 0.25) is 0 Å². The predicted octanol–water partition coefficient (Wildman–Crippen LogP) is 2.99. The van der Waals surface area contributed by atoms with Crippen LogP contribution in [0, 0.1) is 6.92 Å². The molecular weight excluding hydrogens is 368 g/mol. The van der Waals surface area contributed by atoms with Gasteiger partial charge in [-0.15, -0.1) is 0 Å². The number of pyridine rings is 2. The van der Waals surface area contributed by atoms with Crippen LogP contribution in [0.3, 0.4) is 0 Å². The Morgan fingerprint density at radius 1 is 0.759 bits per heavy atom. The molecule has 2 amide bonds. The second-order valence-electron chi connectivity index (χ2n) is 6.29. The standard InChI is InChI=1S/C21H22N6O2/c1-13-8-9-18(24-11-13)27-19-10-17(15(12-25-19)21(29)23-3)26-16-7-5-4-6-14(16)20(28)22-2/h4-12H,1-3H3,(H,22,28)(H,23,29)(H2,24,25,26,27). The summed E-state index contributed by atoms with van der Waals surface area (Å²) in [6.45, 7) is 1.96. The number of carbonyl (C=O) groups is 2. The van der Waals surface area contributed by atoms with Gasteiger partial charge in [-0.05, 0) is 30.7 Å².